The molecule has 1 heterocycles. The van der Waals surface area contributed by atoms with Gasteiger partial charge in [-0.15, -0.1) is 0 Å². The number of ether oxygens (including phenoxy) is 1. The van der Waals surface area contributed by atoms with Crippen LogP contribution in [0.15, 0.2) is 23.1 Å². The Morgan fingerprint density at radius 1 is 1.25 bits per heavy atom. The standard InChI is InChI=1S/C18H28N2O6S2/c1-4-27(22,23)12-10-19-18(21)15-8-9-16(26-3)17(13-15)28(24,25)20-11-6-5-7-14(20)2/h8-9,13-14H,4-7,10-12H2,1-3H3,(H,19,21). The molecule has 1 unspecified atom stereocenters. The van der Waals surface area contributed by atoms with Gasteiger partial charge in [-0.2, -0.15) is 4.31 Å². The molecule has 28 heavy (non-hydrogen) atoms. The molecule has 1 aliphatic heterocycles. The summed E-state index contributed by atoms with van der Waals surface area (Å²) in [6.45, 7) is 3.80. The molecule has 158 valence electrons. The molecule has 0 aliphatic carbocycles. The van der Waals surface area contributed by atoms with Gasteiger partial charge in [0, 0.05) is 30.4 Å². The molecule has 1 aliphatic rings. The Labute approximate surface area is 167 Å². The van der Waals surface area contributed by atoms with E-state index >= 15 is 0 Å². The Morgan fingerprint density at radius 2 is 1.96 bits per heavy atom. The maximum absolute atomic E-state index is 13.2. The predicted molar refractivity (Wildman–Crippen MR) is 107 cm³/mol. The summed E-state index contributed by atoms with van der Waals surface area (Å²) in [6, 6.07) is 4.07. The van der Waals surface area contributed by atoms with E-state index in [9.17, 15) is 21.6 Å². The van der Waals surface area contributed by atoms with E-state index in [2.05, 4.69) is 5.32 Å². The SMILES string of the molecule is CCS(=O)(=O)CCNC(=O)c1ccc(OC)c(S(=O)(=O)N2CCCCC2C)c1. The zero-order valence-corrected chi connectivity index (χ0v) is 18.1. The van der Waals surface area contributed by atoms with Crippen LogP contribution in [0.3, 0.4) is 0 Å². The lowest BCUT2D eigenvalue weighted by atomic mass is 10.1. The topological polar surface area (TPSA) is 110 Å². The molecular weight excluding hydrogens is 404 g/mol. The van der Waals surface area contributed by atoms with Gasteiger partial charge in [-0.1, -0.05) is 13.3 Å². The van der Waals surface area contributed by atoms with Crippen LogP contribution in [-0.4, -0.2) is 64.8 Å². The van der Waals surface area contributed by atoms with E-state index in [-0.39, 0.29) is 40.3 Å². The summed E-state index contributed by atoms with van der Waals surface area (Å²) in [6.07, 6.45) is 2.55. The maximum Gasteiger partial charge on any atom is 0.251 e. The lowest BCUT2D eigenvalue weighted by molar-refractivity contribution is 0.0956. The smallest absolute Gasteiger partial charge is 0.251 e. The molecule has 0 bridgehead atoms. The Hall–Kier alpha value is -1.65. The summed E-state index contributed by atoms with van der Waals surface area (Å²) in [7, 11) is -5.64. The average molecular weight is 433 g/mol. The summed E-state index contributed by atoms with van der Waals surface area (Å²) in [5.74, 6) is -0.524. The highest BCUT2D eigenvalue weighted by Gasteiger charge is 2.33. The van der Waals surface area contributed by atoms with Crippen molar-refractivity contribution in [1.82, 2.24) is 9.62 Å². The lowest BCUT2D eigenvalue weighted by Crippen LogP contribution is -2.42. The predicted octanol–water partition coefficient (Wildman–Crippen LogP) is 1.42. The van der Waals surface area contributed by atoms with E-state index in [1.54, 1.807) is 6.92 Å². The van der Waals surface area contributed by atoms with Crippen LogP contribution in [-0.2, 0) is 19.9 Å². The Morgan fingerprint density at radius 3 is 2.57 bits per heavy atom. The number of rotatable bonds is 8. The minimum absolute atomic E-state index is 0.00180. The Bertz CT molecular complexity index is 912. The Kier molecular flexibility index (Phi) is 7.46. The molecule has 0 radical (unpaired) electrons. The van der Waals surface area contributed by atoms with Crippen LogP contribution in [0.2, 0.25) is 0 Å². The van der Waals surface area contributed by atoms with Crippen LogP contribution >= 0.6 is 0 Å². The van der Waals surface area contributed by atoms with Crippen LogP contribution < -0.4 is 10.1 Å². The molecule has 1 atom stereocenters. The van der Waals surface area contributed by atoms with Crippen molar-refractivity contribution in [1.29, 1.82) is 0 Å². The zero-order chi connectivity index (χ0) is 20.9. The third-order valence-corrected chi connectivity index (χ3v) is 8.63. The molecule has 1 amide bonds. The number of carbonyl (C=O) groups is 1. The highest BCUT2D eigenvalue weighted by Crippen LogP contribution is 2.31. The number of carbonyl (C=O) groups excluding carboxylic acids is 1. The van der Waals surface area contributed by atoms with E-state index in [0.717, 1.165) is 19.3 Å². The maximum atomic E-state index is 13.2. The number of methoxy groups -OCH3 is 1. The van der Waals surface area contributed by atoms with Crippen LogP contribution in [0, 0.1) is 0 Å². The number of nitrogens with zero attached hydrogens (tertiary/aromatic N) is 1. The van der Waals surface area contributed by atoms with Crippen LogP contribution in [0.4, 0.5) is 0 Å². The van der Waals surface area contributed by atoms with Gasteiger partial charge in [-0.25, -0.2) is 16.8 Å². The zero-order valence-electron chi connectivity index (χ0n) is 16.5. The number of hydrogen-bond acceptors (Lipinski definition) is 6. The number of sulfonamides is 1. The molecular formula is C18H28N2O6S2. The summed E-state index contributed by atoms with van der Waals surface area (Å²) in [5.41, 5.74) is 0.137. The first kappa shape index (κ1) is 22.6. The minimum atomic E-state index is -3.83. The van der Waals surface area contributed by atoms with Gasteiger partial charge in [0.25, 0.3) is 5.91 Å². The molecule has 0 aromatic heterocycles. The van der Waals surface area contributed by atoms with Crippen molar-refractivity contribution in [3.63, 3.8) is 0 Å². The second-order valence-electron chi connectivity index (χ2n) is 6.82. The summed E-state index contributed by atoms with van der Waals surface area (Å²) in [4.78, 5) is 12.3. The number of sulfone groups is 1. The number of amides is 1. The third-order valence-electron chi connectivity index (χ3n) is 4.89. The monoisotopic (exact) mass is 432 g/mol. The molecule has 0 saturated carbocycles. The van der Waals surface area contributed by atoms with Crippen molar-refractivity contribution >= 4 is 25.8 Å². The van der Waals surface area contributed by atoms with Crippen LogP contribution in [0.25, 0.3) is 0 Å². The molecule has 10 heteroatoms. The minimum Gasteiger partial charge on any atom is -0.495 e. The van der Waals surface area contributed by atoms with Gasteiger partial charge in [0.1, 0.15) is 10.6 Å². The molecule has 1 saturated heterocycles. The van der Waals surface area contributed by atoms with E-state index in [4.69, 9.17) is 4.74 Å². The molecule has 0 spiro atoms. The molecule has 1 N–H and O–H groups in total. The van der Waals surface area contributed by atoms with Gasteiger partial charge >= 0.3 is 0 Å². The van der Waals surface area contributed by atoms with Gasteiger partial charge in [-0.3, -0.25) is 4.79 Å². The first-order valence-corrected chi connectivity index (χ1v) is 12.6. The fourth-order valence-corrected chi connectivity index (χ4v) is 5.73. The summed E-state index contributed by atoms with van der Waals surface area (Å²) >= 11 is 0. The summed E-state index contributed by atoms with van der Waals surface area (Å²) in [5, 5.41) is 2.53. The summed E-state index contributed by atoms with van der Waals surface area (Å²) < 4.78 is 56.1. The van der Waals surface area contributed by atoms with Crippen LogP contribution in [0.1, 0.15) is 43.5 Å². The molecule has 1 aromatic carbocycles. The second kappa shape index (κ2) is 9.23. The normalized spacial score (nSPS) is 18.6. The molecule has 8 nitrogen and oxygen atoms in total. The Balaban J connectivity index is 2.27. The van der Waals surface area contributed by atoms with Gasteiger partial charge in [0.15, 0.2) is 9.84 Å². The van der Waals surface area contributed by atoms with Gasteiger partial charge < -0.3 is 10.1 Å². The number of nitrogens with one attached hydrogen (secondary N) is 1. The second-order valence-corrected chi connectivity index (χ2v) is 11.2. The first-order valence-electron chi connectivity index (χ1n) is 9.31. The quantitative estimate of drug-likeness (QED) is 0.665. The fraction of sp³-hybridized carbons (Fsp3) is 0.611. The van der Waals surface area contributed by atoms with Crippen molar-refractivity contribution < 1.29 is 26.4 Å². The molecule has 2 rings (SSSR count). The molecule has 1 fully saturated rings. The highest BCUT2D eigenvalue weighted by molar-refractivity contribution is 7.91. The van der Waals surface area contributed by atoms with Crippen LogP contribution in [0.5, 0.6) is 5.75 Å². The van der Waals surface area contributed by atoms with Gasteiger partial charge in [0.05, 0.1) is 12.9 Å². The van der Waals surface area contributed by atoms with E-state index in [1.165, 1.54) is 29.6 Å². The van der Waals surface area contributed by atoms with Gasteiger partial charge in [-0.05, 0) is 38.0 Å². The average Bonchev–Trinajstić information content (AvgIpc) is 2.67. The van der Waals surface area contributed by atoms with E-state index in [0.29, 0.717) is 6.54 Å². The van der Waals surface area contributed by atoms with Crippen molar-refractivity contribution in [2.24, 2.45) is 0 Å². The third kappa shape index (κ3) is 5.24. The largest absolute Gasteiger partial charge is 0.495 e. The number of hydrogen-bond donors (Lipinski definition) is 1. The number of piperidine rings is 1. The van der Waals surface area contributed by atoms with E-state index in [1.807, 2.05) is 6.92 Å². The fourth-order valence-electron chi connectivity index (χ4n) is 3.14. The highest BCUT2D eigenvalue weighted by atomic mass is 32.2. The van der Waals surface area contributed by atoms with Crippen molar-refractivity contribution in [2.75, 3.05) is 31.7 Å². The van der Waals surface area contributed by atoms with Crippen molar-refractivity contribution in [3.8, 4) is 5.75 Å². The van der Waals surface area contributed by atoms with E-state index < -0.39 is 25.8 Å². The lowest BCUT2D eigenvalue weighted by Gasteiger charge is -2.32. The van der Waals surface area contributed by atoms with Crippen molar-refractivity contribution in [3.05, 3.63) is 23.8 Å². The number of benzene rings is 1. The molecule has 1 aromatic rings. The van der Waals surface area contributed by atoms with Gasteiger partial charge in [0.2, 0.25) is 10.0 Å². The first-order chi connectivity index (χ1) is 13.1. The van der Waals surface area contributed by atoms with Crippen molar-refractivity contribution in [2.45, 2.75) is 44.0 Å².